The SMILES string of the molecule is O=C(CCS(=O)(=O)c1ccccc1)N1CCC(N2CCc3sccc3C2)CC1. The number of carbonyl (C=O) groups excluding carboxylic acids is 1. The molecule has 0 atom stereocenters. The Kier molecular flexibility index (Phi) is 5.85. The third-order valence-electron chi connectivity index (χ3n) is 5.86. The summed E-state index contributed by atoms with van der Waals surface area (Å²) in [6.07, 6.45) is 3.13. The molecule has 0 aliphatic carbocycles. The Morgan fingerprint density at radius 1 is 1.07 bits per heavy atom. The second-order valence-corrected chi connectivity index (χ2v) is 10.7. The van der Waals surface area contributed by atoms with Gasteiger partial charge in [-0.2, -0.15) is 0 Å². The highest BCUT2D eigenvalue weighted by molar-refractivity contribution is 7.91. The van der Waals surface area contributed by atoms with Gasteiger partial charge in [-0.05, 0) is 48.4 Å². The zero-order chi connectivity index (χ0) is 19.6. The topological polar surface area (TPSA) is 57.7 Å². The molecule has 28 heavy (non-hydrogen) atoms. The number of carbonyl (C=O) groups is 1. The Balaban J connectivity index is 1.26. The Hall–Kier alpha value is -1.70. The molecule has 0 radical (unpaired) electrons. The summed E-state index contributed by atoms with van der Waals surface area (Å²) in [4.78, 5) is 18.7. The number of sulfone groups is 1. The van der Waals surface area contributed by atoms with Crippen molar-refractivity contribution in [2.45, 2.75) is 43.2 Å². The Morgan fingerprint density at radius 2 is 1.82 bits per heavy atom. The fourth-order valence-corrected chi connectivity index (χ4v) is 6.33. The van der Waals surface area contributed by atoms with E-state index in [0.29, 0.717) is 10.9 Å². The molecule has 0 unspecified atom stereocenters. The number of hydrogen-bond acceptors (Lipinski definition) is 5. The predicted molar refractivity (Wildman–Crippen MR) is 111 cm³/mol. The maximum Gasteiger partial charge on any atom is 0.223 e. The number of fused-ring (bicyclic) bond motifs is 1. The first-order valence-corrected chi connectivity index (χ1v) is 12.4. The Labute approximate surface area is 170 Å². The summed E-state index contributed by atoms with van der Waals surface area (Å²) in [7, 11) is -3.40. The second kappa shape index (κ2) is 8.35. The molecule has 3 heterocycles. The van der Waals surface area contributed by atoms with Crippen LogP contribution in [0.3, 0.4) is 0 Å². The summed E-state index contributed by atoms with van der Waals surface area (Å²) in [5.74, 6) is -0.167. The van der Waals surface area contributed by atoms with E-state index in [1.807, 2.05) is 16.2 Å². The molecule has 5 nitrogen and oxygen atoms in total. The molecule has 2 aromatic rings. The van der Waals surface area contributed by atoms with Crippen molar-refractivity contribution in [2.75, 3.05) is 25.4 Å². The minimum atomic E-state index is -3.40. The first kappa shape index (κ1) is 19.6. The molecule has 0 bridgehead atoms. The molecule has 0 N–H and O–H groups in total. The van der Waals surface area contributed by atoms with Crippen LogP contribution in [0.2, 0.25) is 0 Å². The van der Waals surface area contributed by atoms with Gasteiger partial charge in [0.15, 0.2) is 9.84 Å². The first-order valence-electron chi connectivity index (χ1n) is 9.88. The summed E-state index contributed by atoms with van der Waals surface area (Å²) >= 11 is 1.86. The third-order valence-corrected chi connectivity index (χ3v) is 8.61. The van der Waals surface area contributed by atoms with E-state index in [-0.39, 0.29) is 18.1 Å². The summed E-state index contributed by atoms with van der Waals surface area (Å²) in [5.41, 5.74) is 1.46. The van der Waals surface area contributed by atoms with Crippen LogP contribution < -0.4 is 0 Å². The summed E-state index contributed by atoms with van der Waals surface area (Å²) < 4.78 is 24.8. The minimum Gasteiger partial charge on any atom is -0.343 e. The van der Waals surface area contributed by atoms with Gasteiger partial charge in [0.25, 0.3) is 0 Å². The van der Waals surface area contributed by atoms with Crippen molar-refractivity contribution < 1.29 is 13.2 Å². The van der Waals surface area contributed by atoms with E-state index in [0.717, 1.165) is 45.4 Å². The normalized spacial score (nSPS) is 18.8. The molecule has 1 saturated heterocycles. The molecular formula is C21H26N2O3S2. The van der Waals surface area contributed by atoms with Crippen LogP contribution >= 0.6 is 11.3 Å². The first-order chi connectivity index (χ1) is 13.5. The van der Waals surface area contributed by atoms with E-state index in [1.54, 1.807) is 30.3 Å². The average molecular weight is 419 g/mol. The standard InChI is InChI=1S/C21H26N2O3S2/c24-21(10-15-28(25,26)19-4-2-1-3-5-19)22-11-6-18(7-12-22)23-13-8-20-17(16-23)9-14-27-20/h1-5,9,14,18H,6-8,10-13,15-16H2. The zero-order valence-electron chi connectivity index (χ0n) is 15.9. The fourth-order valence-electron chi connectivity index (χ4n) is 4.19. The van der Waals surface area contributed by atoms with Crippen molar-refractivity contribution >= 4 is 27.1 Å². The van der Waals surface area contributed by atoms with E-state index in [4.69, 9.17) is 0 Å². The molecule has 7 heteroatoms. The lowest BCUT2D eigenvalue weighted by Gasteiger charge is -2.40. The lowest BCUT2D eigenvalue weighted by molar-refractivity contribution is -0.132. The molecule has 150 valence electrons. The maximum absolute atomic E-state index is 12.5. The monoisotopic (exact) mass is 418 g/mol. The molecule has 2 aliphatic heterocycles. The van der Waals surface area contributed by atoms with E-state index in [1.165, 1.54) is 10.4 Å². The van der Waals surface area contributed by atoms with Crippen LogP contribution in [0.4, 0.5) is 0 Å². The van der Waals surface area contributed by atoms with Gasteiger partial charge in [-0.25, -0.2) is 8.42 Å². The van der Waals surface area contributed by atoms with Gasteiger partial charge in [-0.3, -0.25) is 9.69 Å². The van der Waals surface area contributed by atoms with Crippen LogP contribution in [0.1, 0.15) is 29.7 Å². The number of nitrogens with zero attached hydrogens (tertiary/aromatic N) is 2. The van der Waals surface area contributed by atoms with E-state index >= 15 is 0 Å². The van der Waals surface area contributed by atoms with Crippen LogP contribution in [0.5, 0.6) is 0 Å². The van der Waals surface area contributed by atoms with Gasteiger partial charge >= 0.3 is 0 Å². The van der Waals surface area contributed by atoms with Gasteiger partial charge in [0.2, 0.25) is 5.91 Å². The number of hydrogen-bond donors (Lipinski definition) is 0. The smallest absolute Gasteiger partial charge is 0.223 e. The van der Waals surface area contributed by atoms with Gasteiger partial charge in [0.1, 0.15) is 0 Å². The van der Waals surface area contributed by atoms with E-state index in [9.17, 15) is 13.2 Å². The molecular weight excluding hydrogens is 392 g/mol. The number of piperidine rings is 1. The van der Waals surface area contributed by atoms with Crippen LogP contribution in [0, 0.1) is 0 Å². The van der Waals surface area contributed by atoms with Crippen molar-refractivity contribution in [1.82, 2.24) is 9.80 Å². The van der Waals surface area contributed by atoms with Crippen molar-refractivity contribution in [3.63, 3.8) is 0 Å². The van der Waals surface area contributed by atoms with Crippen LogP contribution in [0.15, 0.2) is 46.7 Å². The van der Waals surface area contributed by atoms with E-state index in [2.05, 4.69) is 16.3 Å². The quantitative estimate of drug-likeness (QED) is 0.749. The van der Waals surface area contributed by atoms with Gasteiger partial charge in [-0.15, -0.1) is 11.3 Å². The highest BCUT2D eigenvalue weighted by Gasteiger charge is 2.29. The molecule has 4 rings (SSSR count). The molecule has 1 fully saturated rings. The molecule has 0 saturated carbocycles. The van der Waals surface area contributed by atoms with Crippen LogP contribution in [-0.2, 0) is 27.6 Å². The molecule has 1 aromatic carbocycles. The largest absolute Gasteiger partial charge is 0.343 e. The zero-order valence-corrected chi connectivity index (χ0v) is 17.6. The Morgan fingerprint density at radius 3 is 2.57 bits per heavy atom. The number of likely N-dealkylation sites (tertiary alicyclic amines) is 1. The van der Waals surface area contributed by atoms with Crippen molar-refractivity contribution in [3.05, 3.63) is 52.2 Å². The van der Waals surface area contributed by atoms with E-state index < -0.39 is 9.84 Å². The minimum absolute atomic E-state index is 0.0447. The average Bonchev–Trinajstić information content (AvgIpc) is 3.21. The molecule has 1 amide bonds. The van der Waals surface area contributed by atoms with Gasteiger partial charge in [0, 0.05) is 43.5 Å². The third kappa shape index (κ3) is 4.31. The van der Waals surface area contributed by atoms with Crippen molar-refractivity contribution in [3.8, 4) is 0 Å². The highest BCUT2D eigenvalue weighted by atomic mass is 32.2. The number of thiophene rings is 1. The van der Waals surface area contributed by atoms with Crippen LogP contribution in [-0.4, -0.2) is 55.6 Å². The molecule has 2 aliphatic rings. The summed E-state index contributed by atoms with van der Waals surface area (Å²) in [6, 6.07) is 11.1. The fraction of sp³-hybridized carbons (Fsp3) is 0.476. The lowest BCUT2D eigenvalue weighted by Crippen LogP contribution is -2.48. The molecule has 1 aromatic heterocycles. The predicted octanol–water partition coefficient (Wildman–Crippen LogP) is 2.96. The summed E-state index contributed by atoms with van der Waals surface area (Å²) in [6.45, 7) is 3.57. The van der Waals surface area contributed by atoms with Gasteiger partial charge in [-0.1, -0.05) is 18.2 Å². The maximum atomic E-state index is 12.5. The molecule has 0 spiro atoms. The second-order valence-electron chi connectivity index (χ2n) is 7.58. The van der Waals surface area contributed by atoms with Gasteiger partial charge < -0.3 is 4.90 Å². The Bertz CT molecular complexity index is 916. The van der Waals surface area contributed by atoms with Gasteiger partial charge in [0.05, 0.1) is 10.6 Å². The lowest BCUT2D eigenvalue weighted by atomic mass is 9.99. The summed E-state index contributed by atoms with van der Waals surface area (Å²) in [5, 5.41) is 2.18. The van der Waals surface area contributed by atoms with Crippen molar-refractivity contribution in [2.24, 2.45) is 0 Å². The number of benzene rings is 1. The number of rotatable bonds is 5. The van der Waals surface area contributed by atoms with Crippen molar-refractivity contribution in [1.29, 1.82) is 0 Å². The number of amides is 1. The van der Waals surface area contributed by atoms with Crippen LogP contribution in [0.25, 0.3) is 0 Å². The highest BCUT2D eigenvalue weighted by Crippen LogP contribution is 2.28.